The molecule has 19 heavy (non-hydrogen) atoms. The van der Waals surface area contributed by atoms with Crippen LogP contribution in [0.15, 0.2) is 18.3 Å². The number of nitrogens with zero attached hydrogens (tertiary/aromatic N) is 2. The first-order chi connectivity index (χ1) is 9.15. The van der Waals surface area contributed by atoms with Crippen LogP contribution < -0.4 is 5.32 Å². The lowest BCUT2D eigenvalue weighted by atomic mass is 10.2. The van der Waals surface area contributed by atoms with E-state index in [9.17, 15) is 4.79 Å². The highest BCUT2D eigenvalue weighted by Gasteiger charge is 2.22. The number of anilines is 1. The third-order valence-corrected chi connectivity index (χ3v) is 2.68. The second-order valence-corrected chi connectivity index (χ2v) is 4.71. The Morgan fingerprint density at radius 2 is 2.37 bits per heavy atom. The van der Waals surface area contributed by atoms with E-state index in [1.54, 1.807) is 6.20 Å². The van der Waals surface area contributed by atoms with Gasteiger partial charge in [-0.05, 0) is 31.8 Å². The van der Waals surface area contributed by atoms with Crippen molar-refractivity contribution in [3.05, 3.63) is 23.9 Å². The molecule has 1 aromatic rings. The molecule has 104 valence electrons. The summed E-state index contributed by atoms with van der Waals surface area (Å²) in [6, 6.07) is 3.79. The average molecular weight is 265 g/mol. The predicted molar refractivity (Wildman–Crippen MR) is 70.8 cm³/mol. The zero-order chi connectivity index (χ0) is 13.7. The summed E-state index contributed by atoms with van der Waals surface area (Å²) >= 11 is 0. The largest absolute Gasteiger partial charge is 0.376 e. The monoisotopic (exact) mass is 265 g/mol. The second-order valence-electron chi connectivity index (χ2n) is 4.71. The first kappa shape index (κ1) is 13.9. The van der Waals surface area contributed by atoms with E-state index in [0.717, 1.165) is 12.1 Å². The number of pyridine rings is 1. The molecule has 1 saturated heterocycles. The summed E-state index contributed by atoms with van der Waals surface area (Å²) in [5.41, 5.74) is 1.09. The topological polar surface area (TPSA) is 63.7 Å². The number of ether oxygens (including phenoxy) is 2. The molecule has 2 heterocycles. The van der Waals surface area contributed by atoms with Crippen molar-refractivity contribution in [1.82, 2.24) is 9.88 Å². The standard InChI is InChI=1S/C13H19N3O3/c1-16(2)8-10-3-4-14-12(7-10)15-13(17)11-9-18-5-6-19-11/h3-4,7,11H,5-6,8-9H2,1-2H3,(H,14,15,17). The maximum absolute atomic E-state index is 11.9. The summed E-state index contributed by atoms with van der Waals surface area (Å²) in [7, 11) is 3.98. The number of carbonyl (C=O) groups excluding carboxylic acids is 1. The minimum atomic E-state index is -0.548. The minimum absolute atomic E-state index is 0.214. The van der Waals surface area contributed by atoms with Gasteiger partial charge in [0, 0.05) is 12.7 Å². The summed E-state index contributed by atoms with van der Waals surface area (Å²) in [6.07, 6.45) is 1.14. The average Bonchev–Trinajstić information content (AvgIpc) is 2.39. The predicted octanol–water partition coefficient (Wildman–Crippen LogP) is 0.497. The van der Waals surface area contributed by atoms with Gasteiger partial charge >= 0.3 is 0 Å². The molecule has 1 aliphatic heterocycles. The van der Waals surface area contributed by atoms with Crippen molar-refractivity contribution in [3.63, 3.8) is 0 Å². The first-order valence-electron chi connectivity index (χ1n) is 6.25. The molecule has 1 atom stereocenters. The molecule has 1 aliphatic rings. The van der Waals surface area contributed by atoms with Gasteiger partial charge in [-0.1, -0.05) is 0 Å². The van der Waals surface area contributed by atoms with Crippen LogP contribution >= 0.6 is 0 Å². The minimum Gasteiger partial charge on any atom is -0.376 e. The fraction of sp³-hybridized carbons (Fsp3) is 0.538. The first-order valence-corrected chi connectivity index (χ1v) is 6.25. The van der Waals surface area contributed by atoms with Gasteiger partial charge in [0.2, 0.25) is 0 Å². The van der Waals surface area contributed by atoms with Gasteiger partial charge in [-0.15, -0.1) is 0 Å². The molecule has 0 radical (unpaired) electrons. The van der Waals surface area contributed by atoms with Crippen molar-refractivity contribution in [2.75, 3.05) is 39.2 Å². The zero-order valence-electron chi connectivity index (χ0n) is 11.3. The lowest BCUT2D eigenvalue weighted by Gasteiger charge is -2.21. The maximum atomic E-state index is 11.9. The van der Waals surface area contributed by atoms with Crippen LogP contribution in [0, 0.1) is 0 Å². The van der Waals surface area contributed by atoms with E-state index in [4.69, 9.17) is 9.47 Å². The Kier molecular flexibility index (Phi) is 4.84. The van der Waals surface area contributed by atoms with Gasteiger partial charge in [0.1, 0.15) is 5.82 Å². The summed E-state index contributed by atoms with van der Waals surface area (Å²) in [5, 5.41) is 2.75. The fourth-order valence-corrected chi connectivity index (χ4v) is 1.85. The van der Waals surface area contributed by atoms with E-state index < -0.39 is 6.10 Å². The van der Waals surface area contributed by atoms with Crippen molar-refractivity contribution in [3.8, 4) is 0 Å². The number of aromatic nitrogens is 1. The summed E-state index contributed by atoms with van der Waals surface area (Å²) in [5.74, 6) is 0.327. The zero-order valence-corrected chi connectivity index (χ0v) is 11.3. The molecule has 2 rings (SSSR count). The van der Waals surface area contributed by atoms with Gasteiger partial charge in [0.25, 0.3) is 5.91 Å². The quantitative estimate of drug-likeness (QED) is 0.858. The molecule has 0 aliphatic carbocycles. The van der Waals surface area contributed by atoms with Gasteiger partial charge in [-0.2, -0.15) is 0 Å². The lowest BCUT2D eigenvalue weighted by molar-refractivity contribution is -0.142. The number of rotatable bonds is 4. The molecule has 1 aromatic heterocycles. The highest BCUT2D eigenvalue weighted by molar-refractivity contribution is 5.93. The van der Waals surface area contributed by atoms with E-state index in [1.807, 2.05) is 26.2 Å². The van der Waals surface area contributed by atoms with E-state index in [-0.39, 0.29) is 5.91 Å². The second kappa shape index (κ2) is 6.60. The highest BCUT2D eigenvalue weighted by atomic mass is 16.6. The summed E-state index contributed by atoms with van der Waals surface area (Å²) in [6.45, 7) is 2.09. The van der Waals surface area contributed by atoms with Crippen LogP contribution in [0.5, 0.6) is 0 Å². The molecule has 6 nitrogen and oxygen atoms in total. The number of carbonyl (C=O) groups is 1. The van der Waals surface area contributed by atoms with Gasteiger partial charge in [0.05, 0.1) is 19.8 Å². The molecule has 0 bridgehead atoms. The molecule has 1 fully saturated rings. The highest BCUT2D eigenvalue weighted by Crippen LogP contribution is 2.10. The van der Waals surface area contributed by atoms with Crippen molar-refractivity contribution >= 4 is 11.7 Å². The molecule has 0 spiro atoms. The SMILES string of the molecule is CN(C)Cc1ccnc(NC(=O)C2COCCO2)c1. The van der Waals surface area contributed by atoms with Gasteiger partial charge in [0.15, 0.2) is 6.10 Å². The molecule has 1 N–H and O–H groups in total. The Bertz CT molecular complexity index is 431. The Hall–Kier alpha value is -1.50. The maximum Gasteiger partial charge on any atom is 0.257 e. The molecule has 1 amide bonds. The van der Waals surface area contributed by atoms with E-state index in [1.165, 1.54) is 0 Å². The normalized spacial score (nSPS) is 19.4. The summed E-state index contributed by atoms with van der Waals surface area (Å²) < 4.78 is 10.5. The van der Waals surface area contributed by atoms with Crippen molar-refractivity contribution in [1.29, 1.82) is 0 Å². The number of nitrogens with one attached hydrogen (secondary N) is 1. The lowest BCUT2D eigenvalue weighted by Crippen LogP contribution is -2.39. The van der Waals surface area contributed by atoms with E-state index in [2.05, 4.69) is 15.2 Å². The fourth-order valence-electron chi connectivity index (χ4n) is 1.85. The van der Waals surface area contributed by atoms with Gasteiger partial charge < -0.3 is 19.7 Å². The molecule has 0 saturated carbocycles. The number of amides is 1. The molecule has 6 heteroatoms. The van der Waals surface area contributed by atoms with Crippen molar-refractivity contribution < 1.29 is 14.3 Å². The third kappa shape index (κ3) is 4.27. The Labute approximate surface area is 112 Å². The van der Waals surface area contributed by atoms with Crippen LogP contribution in [0.2, 0.25) is 0 Å². The van der Waals surface area contributed by atoms with Gasteiger partial charge in [-0.25, -0.2) is 4.98 Å². The summed E-state index contributed by atoms with van der Waals surface area (Å²) in [4.78, 5) is 18.1. The van der Waals surface area contributed by atoms with Crippen LogP contribution in [-0.4, -0.2) is 55.8 Å². The Balaban J connectivity index is 1.96. The van der Waals surface area contributed by atoms with Crippen molar-refractivity contribution in [2.24, 2.45) is 0 Å². The molecular weight excluding hydrogens is 246 g/mol. The van der Waals surface area contributed by atoms with Crippen LogP contribution in [-0.2, 0) is 20.8 Å². The van der Waals surface area contributed by atoms with E-state index in [0.29, 0.717) is 25.6 Å². The van der Waals surface area contributed by atoms with Crippen LogP contribution in [0.25, 0.3) is 0 Å². The Morgan fingerprint density at radius 3 is 3.05 bits per heavy atom. The number of hydrogen-bond donors (Lipinski definition) is 1. The van der Waals surface area contributed by atoms with Crippen LogP contribution in [0.3, 0.4) is 0 Å². The van der Waals surface area contributed by atoms with Crippen LogP contribution in [0.4, 0.5) is 5.82 Å². The Morgan fingerprint density at radius 1 is 1.53 bits per heavy atom. The molecule has 1 unspecified atom stereocenters. The van der Waals surface area contributed by atoms with E-state index >= 15 is 0 Å². The van der Waals surface area contributed by atoms with Crippen LogP contribution in [0.1, 0.15) is 5.56 Å². The third-order valence-electron chi connectivity index (χ3n) is 2.68. The smallest absolute Gasteiger partial charge is 0.257 e. The molecular formula is C13H19N3O3. The van der Waals surface area contributed by atoms with Crippen molar-refractivity contribution in [2.45, 2.75) is 12.6 Å². The molecule has 0 aromatic carbocycles. The number of hydrogen-bond acceptors (Lipinski definition) is 5. The van der Waals surface area contributed by atoms with Gasteiger partial charge in [-0.3, -0.25) is 4.79 Å².